The molecule has 0 atom stereocenters. The molecule has 1 aromatic carbocycles. The van der Waals surface area contributed by atoms with Gasteiger partial charge in [-0.1, -0.05) is 11.6 Å². The number of nitrogens with zero attached hydrogens (tertiary/aromatic N) is 1. The van der Waals surface area contributed by atoms with Crippen molar-refractivity contribution in [3.63, 3.8) is 0 Å². The second-order valence-electron chi connectivity index (χ2n) is 4.14. The van der Waals surface area contributed by atoms with Crippen molar-refractivity contribution < 1.29 is 4.79 Å². The van der Waals surface area contributed by atoms with Gasteiger partial charge in [0.15, 0.2) is 0 Å². The van der Waals surface area contributed by atoms with Crippen LogP contribution >= 0.6 is 22.9 Å². The van der Waals surface area contributed by atoms with Crippen molar-refractivity contribution in [2.75, 3.05) is 10.6 Å². The first kappa shape index (κ1) is 14.4. The van der Waals surface area contributed by atoms with Gasteiger partial charge in [0.2, 0.25) is 5.91 Å². The normalized spacial score (nSPS) is 9.85. The molecule has 0 spiro atoms. The number of anilines is 2. The molecule has 0 fully saturated rings. The Morgan fingerprint density at radius 3 is 2.85 bits per heavy atom. The van der Waals surface area contributed by atoms with Crippen LogP contribution < -0.4 is 10.6 Å². The third-order valence-corrected chi connectivity index (χ3v) is 3.78. The van der Waals surface area contributed by atoms with E-state index < -0.39 is 0 Å². The Morgan fingerprint density at radius 2 is 2.25 bits per heavy atom. The number of thiophene rings is 1. The Labute approximate surface area is 126 Å². The third kappa shape index (κ3) is 3.73. The van der Waals surface area contributed by atoms with E-state index in [0.717, 1.165) is 10.6 Å². The topological polar surface area (TPSA) is 64.9 Å². The average Bonchev–Trinajstić information content (AvgIpc) is 2.87. The van der Waals surface area contributed by atoms with Gasteiger partial charge in [-0.05, 0) is 24.3 Å². The lowest BCUT2D eigenvalue weighted by molar-refractivity contribution is -0.114. The summed E-state index contributed by atoms with van der Waals surface area (Å²) in [5.41, 5.74) is 2.12. The number of carbonyl (C=O) groups excluding carboxylic acids is 1. The van der Waals surface area contributed by atoms with E-state index in [-0.39, 0.29) is 5.91 Å². The molecular weight excluding hydrogens is 294 g/mol. The maximum Gasteiger partial charge on any atom is 0.221 e. The summed E-state index contributed by atoms with van der Waals surface area (Å²) in [6, 6.07) is 9.30. The maximum absolute atomic E-state index is 11.0. The molecule has 0 aliphatic rings. The van der Waals surface area contributed by atoms with Gasteiger partial charge in [0, 0.05) is 29.4 Å². The van der Waals surface area contributed by atoms with Gasteiger partial charge in [0.05, 0.1) is 16.3 Å². The zero-order valence-corrected chi connectivity index (χ0v) is 12.3. The summed E-state index contributed by atoms with van der Waals surface area (Å²) in [7, 11) is 0. The summed E-state index contributed by atoms with van der Waals surface area (Å²) < 4.78 is 0. The fourth-order valence-corrected chi connectivity index (χ4v) is 2.61. The average molecular weight is 306 g/mol. The molecule has 102 valence electrons. The Morgan fingerprint density at radius 1 is 1.45 bits per heavy atom. The second-order valence-corrected chi connectivity index (χ2v) is 5.55. The number of halogens is 1. The Bertz CT molecular complexity index is 675. The molecule has 1 amide bonds. The highest BCUT2D eigenvalue weighted by molar-refractivity contribution is 7.10. The lowest BCUT2D eigenvalue weighted by Crippen LogP contribution is -2.06. The van der Waals surface area contributed by atoms with Gasteiger partial charge in [-0.15, -0.1) is 11.3 Å². The zero-order chi connectivity index (χ0) is 14.5. The fourth-order valence-electron chi connectivity index (χ4n) is 1.64. The predicted molar refractivity (Wildman–Crippen MR) is 82.1 cm³/mol. The molecule has 0 saturated heterocycles. The summed E-state index contributed by atoms with van der Waals surface area (Å²) in [4.78, 5) is 12.1. The third-order valence-electron chi connectivity index (χ3n) is 2.53. The summed E-state index contributed by atoms with van der Waals surface area (Å²) in [5, 5.41) is 16.9. The molecule has 1 aromatic heterocycles. The van der Waals surface area contributed by atoms with Crippen molar-refractivity contribution >= 4 is 40.2 Å². The van der Waals surface area contributed by atoms with E-state index in [4.69, 9.17) is 16.9 Å². The molecule has 2 N–H and O–H groups in total. The minimum atomic E-state index is -0.157. The van der Waals surface area contributed by atoms with Crippen molar-refractivity contribution in [2.45, 2.75) is 13.5 Å². The highest BCUT2D eigenvalue weighted by atomic mass is 35.5. The van der Waals surface area contributed by atoms with E-state index in [2.05, 4.69) is 16.7 Å². The minimum absolute atomic E-state index is 0.157. The van der Waals surface area contributed by atoms with Crippen LogP contribution in [0.1, 0.15) is 17.4 Å². The Balaban J connectivity index is 2.01. The molecule has 0 saturated carbocycles. The SMILES string of the molecule is CC(=O)Nc1ccc(NCc2cc(C#N)cs2)cc1Cl. The standard InChI is InChI=1S/C14H12ClN3OS/c1-9(19)18-14-3-2-11(5-13(14)15)17-7-12-4-10(6-16)8-20-12/h2-5,8,17H,7H2,1H3,(H,18,19). The number of amides is 1. The Hall–Kier alpha value is -2.03. The molecule has 0 aliphatic heterocycles. The van der Waals surface area contributed by atoms with Crippen LogP contribution in [0.5, 0.6) is 0 Å². The maximum atomic E-state index is 11.0. The molecule has 0 unspecified atom stereocenters. The number of nitrogens with one attached hydrogen (secondary N) is 2. The molecule has 0 bridgehead atoms. The summed E-state index contributed by atoms with van der Waals surface area (Å²) in [6.07, 6.45) is 0. The molecule has 0 aliphatic carbocycles. The fraction of sp³-hybridized carbons (Fsp3) is 0.143. The van der Waals surface area contributed by atoms with E-state index in [0.29, 0.717) is 22.8 Å². The first-order chi connectivity index (χ1) is 9.58. The number of nitriles is 1. The van der Waals surface area contributed by atoms with Crippen LogP contribution in [0.4, 0.5) is 11.4 Å². The van der Waals surface area contributed by atoms with Gasteiger partial charge >= 0.3 is 0 Å². The molecule has 20 heavy (non-hydrogen) atoms. The van der Waals surface area contributed by atoms with E-state index >= 15 is 0 Å². The zero-order valence-electron chi connectivity index (χ0n) is 10.7. The van der Waals surface area contributed by atoms with Crippen molar-refractivity contribution in [1.82, 2.24) is 0 Å². The van der Waals surface area contributed by atoms with Crippen LogP contribution in [0.25, 0.3) is 0 Å². The monoisotopic (exact) mass is 305 g/mol. The smallest absolute Gasteiger partial charge is 0.221 e. The second kappa shape index (κ2) is 6.42. The molecule has 2 aromatic rings. The number of hydrogen-bond acceptors (Lipinski definition) is 4. The van der Waals surface area contributed by atoms with Crippen LogP contribution in [0.3, 0.4) is 0 Å². The number of hydrogen-bond donors (Lipinski definition) is 2. The quantitative estimate of drug-likeness (QED) is 0.902. The largest absolute Gasteiger partial charge is 0.380 e. The molecular formula is C14H12ClN3OS. The number of carbonyl (C=O) groups is 1. The van der Waals surface area contributed by atoms with Crippen molar-refractivity contribution in [3.8, 4) is 6.07 Å². The van der Waals surface area contributed by atoms with Crippen LogP contribution in [0, 0.1) is 11.3 Å². The predicted octanol–water partition coefficient (Wildman–Crippen LogP) is 3.84. The number of benzene rings is 1. The van der Waals surface area contributed by atoms with Crippen LogP contribution in [-0.4, -0.2) is 5.91 Å². The molecule has 4 nitrogen and oxygen atoms in total. The van der Waals surface area contributed by atoms with Gasteiger partial charge in [-0.3, -0.25) is 4.79 Å². The Kier molecular flexibility index (Phi) is 4.61. The van der Waals surface area contributed by atoms with Gasteiger partial charge in [-0.2, -0.15) is 5.26 Å². The molecule has 0 radical (unpaired) electrons. The van der Waals surface area contributed by atoms with Crippen molar-refractivity contribution in [3.05, 3.63) is 45.1 Å². The van der Waals surface area contributed by atoms with Crippen molar-refractivity contribution in [2.24, 2.45) is 0 Å². The van der Waals surface area contributed by atoms with E-state index in [9.17, 15) is 4.79 Å². The van der Waals surface area contributed by atoms with Crippen LogP contribution in [0.15, 0.2) is 29.6 Å². The van der Waals surface area contributed by atoms with Crippen molar-refractivity contribution in [1.29, 1.82) is 5.26 Å². The highest BCUT2D eigenvalue weighted by Crippen LogP contribution is 2.26. The summed E-state index contributed by atoms with van der Waals surface area (Å²) >= 11 is 7.62. The van der Waals surface area contributed by atoms with Gasteiger partial charge in [0.25, 0.3) is 0 Å². The lowest BCUT2D eigenvalue weighted by Gasteiger charge is -2.09. The van der Waals surface area contributed by atoms with Crippen LogP contribution in [0.2, 0.25) is 5.02 Å². The molecule has 1 heterocycles. The number of rotatable bonds is 4. The first-order valence-corrected chi connectivity index (χ1v) is 7.13. The summed E-state index contributed by atoms with van der Waals surface area (Å²) in [5.74, 6) is -0.157. The van der Waals surface area contributed by atoms with E-state index in [1.165, 1.54) is 18.3 Å². The lowest BCUT2D eigenvalue weighted by atomic mass is 10.2. The minimum Gasteiger partial charge on any atom is -0.380 e. The first-order valence-electron chi connectivity index (χ1n) is 5.87. The molecule has 6 heteroatoms. The van der Waals surface area contributed by atoms with E-state index in [1.807, 2.05) is 17.5 Å². The van der Waals surface area contributed by atoms with Gasteiger partial charge < -0.3 is 10.6 Å². The summed E-state index contributed by atoms with van der Waals surface area (Å²) in [6.45, 7) is 2.06. The molecule has 2 rings (SSSR count). The van der Waals surface area contributed by atoms with E-state index in [1.54, 1.807) is 12.1 Å². The highest BCUT2D eigenvalue weighted by Gasteiger charge is 2.04. The van der Waals surface area contributed by atoms with Gasteiger partial charge in [0.1, 0.15) is 6.07 Å². The van der Waals surface area contributed by atoms with Gasteiger partial charge in [-0.25, -0.2) is 0 Å². The van der Waals surface area contributed by atoms with Crippen LogP contribution in [-0.2, 0) is 11.3 Å².